The van der Waals surface area contributed by atoms with Crippen LogP contribution in [0.3, 0.4) is 0 Å². The van der Waals surface area contributed by atoms with Crippen LogP contribution in [0.2, 0.25) is 5.15 Å². The molecule has 2 N–H and O–H groups in total. The first kappa shape index (κ1) is 15.9. The van der Waals surface area contributed by atoms with Crippen LogP contribution in [-0.4, -0.2) is 28.6 Å². The number of nitrogens with zero attached hydrogens (tertiary/aromatic N) is 1. The lowest BCUT2D eigenvalue weighted by atomic mass is 10.1. The van der Waals surface area contributed by atoms with Crippen molar-refractivity contribution >= 4 is 17.5 Å². The number of aliphatic hydroxyl groups is 1. The minimum atomic E-state index is -0.550. The van der Waals surface area contributed by atoms with E-state index in [1.54, 1.807) is 6.07 Å². The van der Waals surface area contributed by atoms with Crippen molar-refractivity contribution < 1.29 is 9.90 Å². The maximum Gasteiger partial charge on any atom is 0.251 e. The van der Waals surface area contributed by atoms with Crippen molar-refractivity contribution in [1.29, 1.82) is 0 Å². The van der Waals surface area contributed by atoms with Crippen molar-refractivity contribution in [2.24, 2.45) is 5.92 Å². The molecule has 0 fully saturated rings. The summed E-state index contributed by atoms with van der Waals surface area (Å²) in [5.41, 5.74) is 1.25. The lowest BCUT2D eigenvalue weighted by Gasteiger charge is -2.15. The fourth-order valence-electron chi connectivity index (χ4n) is 1.48. The van der Waals surface area contributed by atoms with Crippen molar-refractivity contribution in [3.05, 3.63) is 28.5 Å². The van der Waals surface area contributed by atoms with Gasteiger partial charge in [0.1, 0.15) is 5.15 Å². The van der Waals surface area contributed by atoms with E-state index in [-0.39, 0.29) is 24.3 Å². The first-order chi connectivity index (χ1) is 8.81. The Hall–Kier alpha value is -1.13. The Labute approximate surface area is 119 Å². The summed E-state index contributed by atoms with van der Waals surface area (Å²) in [6.45, 7) is 8.01. The number of carbonyl (C=O) groups excluding carboxylic acids is 1. The molecule has 4 nitrogen and oxygen atoms in total. The summed E-state index contributed by atoms with van der Waals surface area (Å²) < 4.78 is 0. The van der Waals surface area contributed by atoms with Gasteiger partial charge in [0, 0.05) is 17.8 Å². The van der Waals surface area contributed by atoms with Crippen LogP contribution >= 0.6 is 11.6 Å². The van der Waals surface area contributed by atoms with Crippen LogP contribution in [0, 0.1) is 5.92 Å². The van der Waals surface area contributed by atoms with Crippen LogP contribution in [0.5, 0.6) is 0 Å². The van der Waals surface area contributed by atoms with Gasteiger partial charge >= 0.3 is 0 Å². The molecule has 0 bridgehead atoms. The number of hydrogen-bond donors (Lipinski definition) is 2. The second-order valence-corrected chi connectivity index (χ2v) is 5.67. The molecule has 1 rings (SSSR count). The molecule has 0 aliphatic heterocycles. The minimum absolute atomic E-state index is 0.104. The SMILES string of the molecule is CC(C)c1cc(C(=O)NCC(O)C(C)C)cc(Cl)n1. The van der Waals surface area contributed by atoms with Crippen LogP contribution in [0.25, 0.3) is 0 Å². The van der Waals surface area contributed by atoms with E-state index in [0.29, 0.717) is 10.7 Å². The molecular formula is C14H21ClN2O2. The molecule has 0 aliphatic carbocycles. The Bertz CT molecular complexity index is 447. The van der Waals surface area contributed by atoms with Crippen molar-refractivity contribution in [2.45, 2.75) is 39.7 Å². The summed E-state index contributed by atoms with van der Waals surface area (Å²) in [6, 6.07) is 3.26. The normalized spacial score (nSPS) is 12.8. The van der Waals surface area contributed by atoms with Crippen LogP contribution in [0.1, 0.15) is 49.7 Å². The van der Waals surface area contributed by atoms with Crippen LogP contribution in [-0.2, 0) is 0 Å². The summed E-state index contributed by atoms with van der Waals surface area (Å²) in [5, 5.41) is 12.7. The van der Waals surface area contributed by atoms with Crippen molar-refractivity contribution in [3.8, 4) is 0 Å². The largest absolute Gasteiger partial charge is 0.391 e. The highest BCUT2D eigenvalue weighted by atomic mass is 35.5. The average Bonchev–Trinajstić information content (AvgIpc) is 2.34. The van der Waals surface area contributed by atoms with E-state index in [0.717, 1.165) is 5.69 Å². The number of aromatic nitrogens is 1. The lowest BCUT2D eigenvalue weighted by molar-refractivity contribution is 0.0871. The first-order valence-electron chi connectivity index (χ1n) is 6.45. The van der Waals surface area contributed by atoms with Gasteiger partial charge in [0.25, 0.3) is 5.91 Å². The van der Waals surface area contributed by atoms with Crippen LogP contribution in [0.15, 0.2) is 12.1 Å². The summed E-state index contributed by atoms with van der Waals surface area (Å²) in [4.78, 5) is 16.2. The molecule has 0 aliphatic rings. The lowest BCUT2D eigenvalue weighted by Crippen LogP contribution is -2.34. The Kier molecular flexibility index (Phi) is 5.76. The predicted molar refractivity (Wildman–Crippen MR) is 76.5 cm³/mol. The maximum atomic E-state index is 12.0. The van der Waals surface area contributed by atoms with Gasteiger partial charge in [-0.15, -0.1) is 0 Å². The van der Waals surface area contributed by atoms with Gasteiger partial charge in [-0.05, 0) is 24.0 Å². The van der Waals surface area contributed by atoms with Gasteiger partial charge in [0.15, 0.2) is 0 Å². The number of hydrogen-bond acceptors (Lipinski definition) is 3. The van der Waals surface area contributed by atoms with Gasteiger partial charge < -0.3 is 10.4 Å². The van der Waals surface area contributed by atoms with Gasteiger partial charge in [0.2, 0.25) is 0 Å². The molecule has 0 saturated carbocycles. The van der Waals surface area contributed by atoms with Crippen molar-refractivity contribution in [1.82, 2.24) is 10.3 Å². The molecule has 1 aromatic heterocycles. The van der Waals surface area contributed by atoms with Gasteiger partial charge in [-0.25, -0.2) is 4.98 Å². The summed E-state index contributed by atoms with van der Waals surface area (Å²) >= 11 is 5.91. The highest BCUT2D eigenvalue weighted by molar-refractivity contribution is 6.29. The van der Waals surface area contributed by atoms with E-state index in [1.165, 1.54) is 6.07 Å². The Morgan fingerprint density at radius 3 is 2.53 bits per heavy atom. The molecular weight excluding hydrogens is 264 g/mol. The first-order valence-corrected chi connectivity index (χ1v) is 6.82. The zero-order valence-corrected chi connectivity index (χ0v) is 12.5. The third-order valence-electron chi connectivity index (χ3n) is 2.91. The van der Waals surface area contributed by atoms with E-state index >= 15 is 0 Å². The molecule has 1 unspecified atom stereocenters. The second kappa shape index (κ2) is 6.87. The number of carbonyl (C=O) groups is 1. The average molecular weight is 285 g/mol. The minimum Gasteiger partial charge on any atom is -0.391 e. The molecule has 1 atom stereocenters. The molecule has 0 aromatic carbocycles. The van der Waals surface area contributed by atoms with Gasteiger partial charge in [0.05, 0.1) is 6.10 Å². The molecule has 19 heavy (non-hydrogen) atoms. The zero-order valence-electron chi connectivity index (χ0n) is 11.8. The van der Waals surface area contributed by atoms with E-state index in [2.05, 4.69) is 10.3 Å². The smallest absolute Gasteiger partial charge is 0.251 e. The number of amides is 1. The molecule has 106 valence electrons. The molecule has 1 aromatic rings. The molecule has 5 heteroatoms. The summed E-state index contributed by atoms with van der Waals surface area (Å²) in [7, 11) is 0. The quantitative estimate of drug-likeness (QED) is 0.817. The number of rotatable bonds is 5. The highest BCUT2D eigenvalue weighted by Gasteiger charge is 2.14. The Morgan fingerprint density at radius 1 is 1.37 bits per heavy atom. The Balaban J connectivity index is 2.77. The van der Waals surface area contributed by atoms with Crippen LogP contribution in [0.4, 0.5) is 0 Å². The van der Waals surface area contributed by atoms with E-state index in [4.69, 9.17) is 11.6 Å². The number of halogens is 1. The van der Waals surface area contributed by atoms with Crippen molar-refractivity contribution in [3.63, 3.8) is 0 Å². The third kappa shape index (κ3) is 4.80. The summed E-state index contributed by atoms with van der Waals surface area (Å²) in [5.74, 6) is 0.0601. The second-order valence-electron chi connectivity index (χ2n) is 5.28. The fourth-order valence-corrected chi connectivity index (χ4v) is 1.69. The number of pyridine rings is 1. The van der Waals surface area contributed by atoms with Gasteiger partial charge in [-0.2, -0.15) is 0 Å². The topological polar surface area (TPSA) is 62.2 Å². The van der Waals surface area contributed by atoms with Crippen LogP contribution < -0.4 is 5.32 Å². The standard InChI is InChI=1S/C14H21ClN2O2/c1-8(2)11-5-10(6-13(15)17-11)14(19)16-7-12(18)9(3)4/h5-6,8-9,12,18H,7H2,1-4H3,(H,16,19). The predicted octanol–water partition coefficient (Wildman–Crippen LogP) is 2.61. The van der Waals surface area contributed by atoms with E-state index < -0.39 is 6.10 Å². The molecule has 0 radical (unpaired) electrons. The number of aliphatic hydroxyl groups excluding tert-OH is 1. The Morgan fingerprint density at radius 2 is 2.00 bits per heavy atom. The third-order valence-corrected chi connectivity index (χ3v) is 3.10. The zero-order chi connectivity index (χ0) is 14.6. The van der Waals surface area contributed by atoms with Gasteiger partial charge in [-0.1, -0.05) is 39.3 Å². The molecule has 1 amide bonds. The highest BCUT2D eigenvalue weighted by Crippen LogP contribution is 2.17. The maximum absolute atomic E-state index is 12.0. The van der Waals surface area contributed by atoms with Crippen molar-refractivity contribution in [2.75, 3.05) is 6.54 Å². The molecule has 0 saturated heterocycles. The monoisotopic (exact) mass is 284 g/mol. The van der Waals surface area contributed by atoms with E-state index in [1.807, 2.05) is 27.7 Å². The molecule has 0 spiro atoms. The molecule has 1 heterocycles. The fraction of sp³-hybridized carbons (Fsp3) is 0.571. The number of nitrogens with one attached hydrogen (secondary N) is 1. The summed E-state index contributed by atoms with van der Waals surface area (Å²) in [6.07, 6.45) is -0.550. The van der Waals surface area contributed by atoms with E-state index in [9.17, 15) is 9.90 Å². The van der Waals surface area contributed by atoms with Gasteiger partial charge in [-0.3, -0.25) is 4.79 Å².